The standard InChI is InChI=1S/C14H16N2O5.2K/c15-10(12(17)18)6-14(21,13(19)20)5-8-7-16-11-4-2-1-3-9(8)11;;/h1-4,7,10,16,21H,5-6,15H2,(H,17,18)(H,19,20);;/q;2*+1/p-2/t10-,14-;;/m0../s1. The maximum absolute atomic E-state index is 11.2. The maximum Gasteiger partial charge on any atom is 1.00 e. The van der Waals surface area contributed by atoms with E-state index in [0.29, 0.717) is 5.56 Å². The molecule has 23 heavy (non-hydrogen) atoms. The van der Waals surface area contributed by atoms with E-state index >= 15 is 0 Å². The van der Waals surface area contributed by atoms with Crippen LogP contribution in [0.1, 0.15) is 12.0 Å². The second kappa shape index (κ2) is 10.1. The molecule has 0 radical (unpaired) electrons. The van der Waals surface area contributed by atoms with Crippen molar-refractivity contribution < 1.29 is 128 Å². The average Bonchev–Trinajstić information content (AvgIpc) is 2.81. The van der Waals surface area contributed by atoms with E-state index in [1.54, 1.807) is 30.5 Å². The van der Waals surface area contributed by atoms with Gasteiger partial charge >= 0.3 is 103 Å². The van der Waals surface area contributed by atoms with Crippen LogP contribution >= 0.6 is 0 Å². The molecule has 0 aliphatic carbocycles. The van der Waals surface area contributed by atoms with Gasteiger partial charge < -0.3 is 35.6 Å². The molecule has 9 heteroatoms. The van der Waals surface area contributed by atoms with E-state index in [-0.39, 0.29) is 109 Å². The number of benzene rings is 1. The van der Waals surface area contributed by atoms with Crippen molar-refractivity contribution in [1.82, 2.24) is 4.98 Å². The number of carboxylic acid groups (broad SMARTS) is 2. The number of carbonyl (C=O) groups is 2. The minimum atomic E-state index is -2.38. The van der Waals surface area contributed by atoms with Crippen molar-refractivity contribution in [3.63, 3.8) is 0 Å². The number of aliphatic hydroxyl groups is 1. The fourth-order valence-corrected chi connectivity index (χ4v) is 2.27. The number of fused-ring (bicyclic) bond motifs is 1. The smallest absolute Gasteiger partial charge is 0.548 e. The van der Waals surface area contributed by atoms with Crippen molar-refractivity contribution in [2.45, 2.75) is 24.5 Å². The molecule has 0 amide bonds. The summed E-state index contributed by atoms with van der Waals surface area (Å²) in [5.74, 6) is -3.40. The van der Waals surface area contributed by atoms with Crippen molar-refractivity contribution in [3.05, 3.63) is 36.0 Å². The van der Waals surface area contributed by atoms with Crippen molar-refractivity contribution in [2.24, 2.45) is 5.73 Å². The first-order valence-corrected chi connectivity index (χ1v) is 6.29. The van der Waals surface area contributed by atoms with E-state index in [1.165, 1.54) is 0 Å². The molecule has 112 valence electrons. The Hall–Kier alpha value is 0.893. The molecule has 2 aromatic rings. The minimum absolute atomic E-state index is 0. The van der Waals surface area contributed by atoms with E-state index in [9.17, 15) is 24.9 Å². The number of nitrogens with two attached hydrogens (primary N) is 1. The molecule has 0 aliphatic heterocycles. The molecule has 0 saturated heterocycles. The van der Waals surface area contributed by atoms with Crippen LogP contribution in [-0.2, 0) is 16.0 Å². The van der Waals surface area contributed by atoms with Gasteiger partial charge in [-0.2, -0.15) is 0 Å². The SMILES string of the molecule is N[C@@H](C[C@@](O)(Cc1c[nH]c2ccccc12)C(=O)[O-])C(=O)[O-].[K+].[K+]. The van der Waals surface area contributed by atoms with Gasteiger partial charge in [0, 0.05) is 36.0 Å². The number of carbonyl (C=O) groups excluding carboxylic acids is 2. The van der Waals surface area contributed by atoms with Crippen LogP contribution in [0.4, 0.5) is 0 Å². The molecule has 0 fully saturated rings. The molecule has 0 bridgehead atoms. The molecular weight excluding hydrogens is 354 g/mol. The Balaban J connectivity index is 0.00000242. The zero-order valence-electron chi connectivity index (χ0n) is 13.0. The zero-order valence-corrected chi connectivity index (χ0v) is 19.3. The van der Waals surface area contributed by atoms with Crippen LogP contribution in [0.25, 0.3) is 10.9 Å². The quantitative estimate of drug-likeness (QED) is 0.432. The number of carboxylic acids is 2. The van der Waals surface area contributed by atoms with Crippen LogP contribution in [-0.4, -0.2) is 33.7 Å². The van der Waals surface area contributed by atoms with Crippen LogP contribution in [0.5, 0.6) is 0 Å². The molecule has 0 saturated carbocycles. The number of para-hydroxylation sites is 1. The van der Waals surface area contributed by atoms with E-state index in [0.717, 1.165) is 10.9 Å². The normalized spacial score (nSPS) is 14.2. The van der Waals surface area contributed by atoms with Crippen LogP contribution in [0.3, 0.4) is 0 Å². The Labute approximate surface area is 217 Å². The summed E-state index contributed by atoms with van der Waals surface area (Å²) in [6.07, 6.45) is 0.542. The van der Waals surface area contributed by atoms with Crippen LogP contribution < -0.4 is 119 Å². The third kappa shape index (κ3) is 5.98. The number of aromatic nitrogens is 1. The van der Waals surface area contributed by atoms with Crippen molar-refractivity contribution >= 4 is 22.8 Å². The number of H-pyrrole nitrogens is 1. The Kier molecular flexibility index (Phi) is 10.5. The van der Waals surface area contributed by atoms with Gasteiger partial charge in [0.05, 0.1) is 11.9 Å². The van der Waals surface area contributed by atoms with E-state index in [2.05, 4.69) is 4.98 Å². The molecular formula is C14H14K2N2O5. The van der Waals surface area contributed by atoms with Crippen molar-refractivity contribution in [3.8, 4) is 0 Å². The van der Waals surface area contributed by atoms with Gasteiger partial charge in [-0.1, -0.05) is 18.2 Å². The summed E-state index contributed by atoms with van der Waals surface area (Å²) in [5.41, 5.74) is 4.18. The number of hydrogen-bond donors (Lipinski definition) is 3. The Morgan fingerprint density at radius 2 is 1.87 bits per heavy atom. The third-order valence-electron chi connectivity index (χ3n) is 3.40. The summed E-state index contributed by atoms with van der Waals surface area (Å²) >= 11 is 0. The van der Waals surface area contributed by atoms with Gasteiger partial charge in [0.25, 0.3) is 0 Å². The molecule has 1 heterocycles. The monoisotopic (exact) mass is 368 g/mol. The summed E-state index contributed by atoms with van der Waals surface area (Å²) in [4.78, 5) is 24.8. The summed E-state index contributed by atoms with van der Waals surface area (Å²) in [7, 11) is 0. The van der Waals surface area contributed by atoms with Gasteiger partial charge in [-0.25, -0.2) is 0 Å². The topological polar surface area (TPSA) is 142 Å². The fourth-order valence-electron chi connectivity index (χ4n) is 2.27. The molecule has 0 unspecified atom stereocenters. The van der Waals surface area contributed by atoms with Gasteiger partial charge in [-0.05, 0) is 11.6 Å². The minimum Gasteiger partial charge on any atom is -0.548 e. The zero-order chi connectivity index (χ0) is 15.6. The fraction of sp³-hybridized carbons (Fsp3) is 0.286. The van der Waals surface area contributed by atoms with E-state index < -0.39 is 30.0 Å². The number of aromatic amines is 1. The summed E-state index contributed by atoms with van der Waals surface area (Å²) < 4.78 is 0. The molecule has 2 atom stereocenters. The maximum atomic E-state index is 11.2. The predicted octanol–water partition coefficient (Wildman–Crippen LogP) is -8.33. The molecule has 0 aliphatic rings. The first kappa shape index (κ1) is 23.9. The molecule has 4 N–H and O–H groups in total. The van der Waals surface area contributed by atoms with Gasteiger partial charge in [0.1, 0.15) is 5.60 Å². The second-order valence-corrected chi connectivity index (χ2v) is 4.98. The molecule has 7 nitrogen and oxygen atoms in total. The number of nitrogens with one attached hydrogen (secondary N) is 1. The van der Waals surface area contributed by atoms with Crippen LogP contribution in [0, 0.1) is 0 Å². The van der Waals surface area contributed by atoms with Gasteiger partial charge in [0.15, 0.2) is 0 Å². The summed E-state index contributed by atoms with van der Waals surface area (Å²) in [6.45, 7) is 0. The van der Waals surface area contributed by atoms with Crippen LogP contribution in [0.2, 0.25) is 0 Å². The van der Waals surface area contributed by atoms with Crippen molar-refractivity contribution in [2.75, 3.05) is 0 Å². The number of rotatable bonds is 6. The Morgan fingerprint density at radius 1 is 1.26 bits per heavy atom. The first-order valence-electron chi connectivity index (χ1n) is 6.29. The third-order valence-corrected chi connectivity index (χ3v) is 3.40. The molecule has 2 rings (SSSR count). The van der Waals surface area contributed by atoms with Crippen molar-refractivity contribution in [1.29, 1.82) is 0 Å². The van der Waals surface area contributed by atoms with Gasteiger partial charge in [0.2, 0.25) is 0 Å². The first-order chi connectivity index (χ1) is 9.83. The largest absolute Gasteiger partial charge is 1.00 e. The Morgan fingerprint density at radius 3 is 2.43 bits per heavy atom. The molecule has 1 aromatic carbocycles. The average molecular weight is 368 g/mol. The van der Waals surface area contributed by atoms with E-state index in [4.69, 9.17) is 5.73 Å². The molecule has 0 spiro atoms. The summed E-state index contributed by atoms with van der Waals surface area (Å²) in [6, 6.07) is 5.53. The van der Waals surface area contributed by atoms with E-state index in [1.807, 2.05) is 0 Å². The predicted molar refractivity (Wildman–Crippen MR) is 69.6 cm³/mol. The Bertz CT molecular complexity index is 691. The number of aliphatic carboxylic acids is 2. The number of hydrogen-bond acceptors (Lipinski definition) is 6. The van der Waals surface area contributed by atoms with Gasteiger partial charge in [-0.3, -0.25) is 0 Å². The second-order valence-electron chi connectivity index (χ2n) is 4.98. The molecule has 1 aromatic heterocycles. The summed E-state index contributed by atoms with van der Waals surface area (Å²) in [5, 5.41) is 32.8. The van der Waals surface area contributed by atoms with Crippen LogP contribution in [0.15, 0.2) is 30.5 Å². The van der Waals surface area contributed by atoms with Gasteiger partial charge in [-0.15, -0.1) is 0 Å².